The number of nitrogens with zero attached hydrogens (tertiary/aromatic N) is 2. The largest absolute Gasteiger partial charge is 0.598 e. The van der Waals surface area contributed by atoms with Crippen LogP contribution in [0.25, 0.3) is 33.5 Å². The molecule has 0 spiro atoms. The summed E-state index contributed by atoms with van der Waals surface area (Å²) in [4.78, 5) is 5.16. The summed E-state index contributed by atoms with van der Waals surface area (Å²) in [6, 6.07) is 31.1. The predicted molar refractivity (Wildman–Crippen MR) is 265 cm³/mol. The number of hydrogen-bond donors (Lipinski definition) is 0. The molecule has 0 unspecified atom stereocenters. The zero-order valence-electron chi connectivity index (χ0n) is 42.4. The molecule has 380 valence electrons. The summed E-state index contributed by atoms with van der Waals surface area (Å²) in [6.07, 6.45) is -10.5. The maximum Gasteiger partial charge on any atom is 0.598 e. The minimum Gasteiger partial charge on any atom is -0.385 e. The van der Waals surface area contributed by atoms with Crippen LogP contribution in [-0.2, 0) is 31.0 Å². The Kier molecular flexibility index (Phi) is 14.9. The lowest BCUT2D eigenvalue weighted by molar-refractivity contribution is -0.295. The van der Waals surface area contributed by atoms with Crippen LogP contribution in [0.3, 0.4) is 0 Å². The molecular formula is C56H61BF10N2O2. The number of aliphatic imine (C=N–C) groups is 1. The fourth-order valence-electron chi connectivity index (χ4n) is 8.05. The lowest BCUT2D eigenvalue weighted by Gasteiger charge is -2.27. The smallest absolute Gasteiger partial charge is 0.385 e. The zero-order valence-corrected chi connectivity index (χ0v) is 42.4. The summed E-state index contributed by atoms with van der Waals surface area (Å²) >= 11 is 0. The fraction of sp³-hybridized carbons (Fsp3) is 0.411. The summed E-state index contributed by atoms with van der Waals surface area (Å²) in [6.45, 7) is 20.9. The molecule has 1 aliphatic heterocycles. The lowest BCUT2D eigenvalue weighted by atomic mass is 9.85. The van der Waals surface area contributed by atoms with Crippen LogP contribution in [0.15, 0.2) is 120 Å². The average molecular weight is 995 g/mol. The molecule has 15 heteroatoms. The van der Waals surface area contributed by atoms with Crippen molar-refractivity contribution < 1.29 is 53.2 Å². The topological polar surface area (TPSA) is 35.8 Å². The van der Waals surface area contributed by atoms with Crippen LogP contribution < -0.4 is 0 Å². The van der Waals surface area contributed by atoms with Gasteiger partial charge in [0, 0.05) is 28.1 Å². The van der Waals surface area contributed by atoms with Gasteiger partial charge in [0.1, 0.15) is 13.2 Å². The van der Waals surface area contributed by atoms with E-state index in [4.69, 9.17) is 14.3 Å². The molecule has 1 aliphatic rings. The first kappa shape index (κ1) is 54.9. The molecule has 6 rings (SSSR count). The second-order valence-corrected chi connectivity index (χ2v) is 22.3. The van der Waals surface area contributed by atoms with Gasteiger partial charge in [0.15, 0.2) is 0 Å². The highest BCUT2D eigenvalue weighted by molar-refractivity contribution is 6.44. The van der Waals surface area contributed by atoms with Crippen molar-refractivity contribution in [2.24, 2.45) is 4.99 Å². The van der Waals surface area contributed by atoms with Crippen LogP contribution in [0.2, 0.25) is 0 Å². The van der Waals surface area contributed by atoms with Crippen molar-refractivity contribution >= 4 is 24.1 Å². The molecule has 0 fully saturated rings. The van der Waals surface area contributed by atoms with E-state index in [1.165, 1.54) is 0 Å². The maximum absolute atomic E-state index is 14.9. The molecule has 0 aliphatic carbocycles. The summed E-state index contributed by atoms with van der Waals surface area (Å²) < 4.78 is 154. The van der Waals surface area contributed by atoms with Crippen LogP contribution in [-0.4, -0.2) is 54.9 Å². The number of rotatable bonds is 12. The molecule has 71 heavy (non-hydrogen) atoms. The summed E-state index contributed by atoms with van der Waals surface area (Å²) in [5, 5.41) is 0. The maximum atomic E-state index is 14.9. The molecule has 0 amide bonds. The number of benzene rings is 4. The van der Waals surface area contributed by atoms with Crippen LogP contribution in [0.1, 0.15) is 129 Å². The SMILES string of the molecule is C/C(=C1/N=C(c2ccc(C(C)(C)C)cc2)C=C1c1ccc(C(C)(C)C)cc1)c1c(-c2ccc(C(C)(C)C)cc2)cc(-c2ccc(C(C)(C)C)cc2)n1B(OCC(F)(F)C(F)(F)F)OCC(F)(F)C(F)(F)F. The van der Waals surface area contributed by atoms with E-state index in [1.807, 2.05) is 108 Å². The van der Waals surface area contributed by atoms with Crippen molar-refractivity contribution in [3.63, 3.8) is 0 Å². The third-order valence-corrected chi connectivity index (χ3v) is 12.6. The van der Waals surface area contributed by atoms with E-state index in [2.05, 4.69) is 41.5 Å². The molecule has 0 bridgehead atoms. The number of aromatic nitrogens is 1. The summed E-state index contributed by atoms with van der Waals surface area (Å²) in [5.74, 6) is -11.2. The molecule has 0 N–H and O–H groups in total. The first-order chi connectivity index (χ1) is 32.4. The highest BCUT2D eigenvalue weighted by Gasteiger charge is 2.60. The van der Waals surface area contributed by atoms with Gasteiger partial charge in [-0.2, -0.15) is 43.9 Å². The van der Waals surface area contributed by atoms with Gasteiger partial charge in [-0.05, 0) is 85.2 Å². The van der Waals surface area contributed by atoms with Gasteiger partial charge in [-0.3, -0.25) is 0 Å². The van der Waals surface area contributed by atoms with E-state index in [9.17, 15) is 43.9 Å². The van der Waals surface area contributed by atoms with E-state index in [-0.39, 0.29) is 55.4 Å². The average Bonchev–Trinajstić information content (AvgIpc) is 3.88. The third-order valence-electron chi connectivity index (χ3n) is 12.6. The molecule has 0 atom stereocenters. The van der Waals surface area contributed by atoms with Gasteiger partial charge in [0.25, 0.3) is 0 Å². The summed E-state index contributed by atoms with van der Waals surface area (Å²) in [7, 11) is -2.74. The highest BCUT2D eigenvalue weighted by Crippen LogP contribution is 2.45. The van der Waals surface area contributed by atoms with Gasteiger partial charge in [0.2, 0.25) is 0 Å². The molecule has 4 nitrogen and oxygen atoms in total. The molecule has 4 aromatic carbocycles. The van der Waals surface area contributed by atoms with E-state index in [0.717, 1.165) is 26.7 Å². The molecular weight excluding hydrogens is 933 g/mol. The number of halogens is 10. The van der Waals surface area contributed by atoms with Gasteiger partial charge >= 0.3 is 31.5 Å². The second kappa shape index (κ2) is 19.2. The monoisotopic (exact) mass is 994 g/mol. The van der Waals surface area contributed by atoms with Gasteiger partial charge in [-0.25, -0.2) is 4.99 Å². The van der Waals surface area contributed by atoms with E-state index >= 15 is 0 Å². The Morgan fingerprint density at radius 2 is 0.817 bits per heavy atom. The molecule has 0 radical (unpaired) electrons. The van der Waals surface area contributed by atoms with E-state index in [0.29, 0.717) is 28.0 Å². The predicted octanol–water partition coefficient (Wildman–Crippen LogP) is 16.6. The number of allylic oxidation sites excluding steroid dienone is 3. The van der Waals surface area contributed by atoms with Gasteiger partial charge in [0.05, 0.1) is 11.4 Å². The van der Waals surface area contributed by atoms with Crippen molar-refractivity contribution in [1.82, 2.24) is 4.48 Å². The molecule has 0 saturated carbocycles. The minimum atomic E-state index is -6.20. The number of hydrogen-bond acceptors (Lipinski definition) is 3. The van der Waals surface area contributed by atoms with E-state index < -0.39 is 44.7 Å². The fourth-order valence-corrected chi connectivity index (χ4v) is 8.05. The van der Waals surface area contributed by atoms with Crippen molar-refractivity contribution in [3.8, 4) is 22.4 Å². The Balaban J connectivity index is 1.76. The van der Waals surface area contributed by atoms with Crippen LogP contribution >= 0.6 is 0 Å². The minimum absolute atomic E-state index is 0.0222. The van der Waals surface area contributed by atoms with Crippen molar-refractivity contribution in [2.45, 2.75) is 136 Å². The van der Waals surface area contributed by atoms with Crippen molar-refractivity contribution in [3.05, 3.63) is 154 Å². The van der Waals surface area contributed by atoms with Crippen LogP contribution in [0.4, 0.5) is 43.9 Å². The molecule has 0 saturated heterocycles. The van der Waals surface area contributed by atoms with Gasteiger partial charge in [-0.15, -0.1) is 0 Å². The third kappa shape index (κ3) is 12.1. The molecule has 5 aromatic rings. The van der Waals surface area contributed by atoms with Gasteiger partial charge < -0.3 is 13.8 Å². The number of alkyl halides is 10. The van der Waals surface area contributed by atoms with Crippen molar-refractivity contribution in [2.75, 3.05) is 13.2 Å². The molecule has 2 heterocycles. The normalized spacial score (nSPS) is 15.3. The zero-order chi connectivity index (χ0) is 53.1. The quantitative estimate of drug-likeness (QED) is 0.0922. The Hall–Kier alpha value is -5.41. The van der Waals surface area contributed by atoms with Gasteiger partial charge in [-0.1, -0.05) is 180 Å². The first-order valence-corrected chi connectivity index (χ1v) is 23.2. The standard InChI is InChI=1S/C56H61BF10N2O2/c1-34(47-43(35-14-22-39(23-15-35)49(2,3)4)30-45(68-47)37-18-26-41(27-19-37)51(8,9)10)48-44(36-16-24-40(25-17-36)50(5,6)7)31-46(38-20-28-42(29-21-38)52(11,12)13)69(48)57(70-32-53(58,59)55(62,63)64)71-33-54(60,61)56(65,66)67/h14-31H,32-33H2,1-13H3/b47-34-. The van der Waals surface area contributed by atoms with Crippen LogP contribution in [0.5, 0.6) is 0 Å². The van der Waals surface area contributed by atoms with E-state index in [1.54, 1.807) is 49.4 Å². The highest BCUT2D eigenvalue weighted by atomic mass is 19.4. The Morgan fingerprint density at radius 1 is 0.479 bits per heavy atom. The Bertz CT molecular complexity index is 2760. The van der Waals surface area contributed by atoms with Crippen LogP contribution in [0, 0.1) is 0 Å². The Morgan fingerprint density at radius 3 is 1.17 bits per heavy atom. The Labute approximate surface area is 411 Å². The summed E-state index contributed by atoms with van der Waals surface area (Å²) in [5.41, 5.74) is 6.65. The second-order valence-electron chi connectivity index (χ2n) is 22.3. The first-order valence-electron chi connectivity index (χ1n) is 23.2. The molecule has 1 aromatic heterocycles. The van der Waals surface area contributed by atoms with Crippen molar-refractivity contribution in [1.29, 1.82) is 0 Å². The lowest BCUT2D eigenvalue weighted by Crippen LogP contribution is -2.48.